The normalized spacial score (nSPS) is 20.9. The van der Waals surface area contributed by atoms with Crippen LogP contribution in [0, 0.1) is 0 Å². The number of aliphatic carboxylic acids is 1. The van der Waals surface area contributed by atoms with E-state index in [1.165, 1.54) is 4.90 Å². The first-order valence-electron chi connectivity index (χ1n) is 7.74. The topological polar surface area (TPSA) is 76.1 Å². The lowest BCUT2D eigenvalue weighted by Crippen LogP contribution is -2.43. The fraction of sp³-hybridized carbons (Fsp3) is 0.529. The van der Waals surface area contributed by atoms with Crippen molar-refractivity contribution in [3.8, 4) is 0 Å². The number of halogens is 1. The quantitative estimate of drug-likeness (QED) is 0.896. The fourth-order valence-electron chi connectivity index (χ4n) is 2.47. The molecule has 0 radical (unpaired) electrons. The lowest BCUT2D eigenvalue weighted by Gasteiger charge is -2.26. The molecule has 2 atom stereocenters. The highest BCUT2D eigenvalue weighted by Gasteiger charge is 2.42. The van der Waals surface area contributed by atoms with Crippen LogP contribution in [0.15, 0.2) is 24.3 Å². The number of benzene rings is 1. The Hall–Kier alpha value is -1.79. The maximum atomic E-state index is 12.2. The first-order valence-corrected chi connectivity index (χ1v) is 8.12. The molecule has 0 unspecified atom stereocenters. The minimum atomic E-state index is -1.06. The third kappa shape index (κ3) is 5.11. The summed E-state index contributed by atoms with van der Waals surface area (Å²) in [6, 6.07) is 6.29. The smallest absolute Gasteiger partial charge is 0.411 e. The van der Waals surface area contributed by atoms with Gasteiger partial charge in [0.1, 0.15) is 11.6 Å². The van der Waals surface area contributed by atoms with Crippen molar-refractivity contribution in [1.82, 2.24) is 4.90 Å². The number of hydrogen-bond acceptors (Lipinski definition) is 4. The van der Waals surface area contributed by atoms with Gasteiger partial charge in [0.05, 0.1) is 19.3 Å². The third-order valence-corrected chi connectivity index (χ3v) is 3.83. The zero-order chi connectivity index (χ0) is 17.9. The van der Waals surface area contributed by atoms with Gasteiger partial charge in [-0.3, -0.25) is 4.90 Å². The molecule has 24 heavy (non-hydrogen) atoms. The van der Waals surface area contributed by atoms with Gasteiger partial charge in [-0.25, -0.2) is 9.59 Å². The minimum absolute atomic E-state index is 0.194. The van der Waals surface area contributed by atoms with Crippen molar-refractivity contribution >= 4 is 23.7 Å². The van der Waals surface area contributed by atoms with E-state index in [1.54, 1.807) is 32.9 Å². The molecule has 0 saturated carbocycles. The van der Waals surface area contributed by atoms with Crippen molar-refractivity contribution in [2.24, 2.45) is 0 Å². The number of amides is 1. The van der Waals surface area contributed by atoms with Crippen molar-refractivity contribution in [3.05, 3.63) is 34.9 Å². The van der Waals surface area contributed by atoms with E-state index in [9.17, 15) is 14.7 Å². The molecule has 1 aromatic carbocycles. The maximum absolute atomic E-state index is 12.2. The second-order valence-electron chi connectivity index (χ2n) is 6.78. The van der Waals surface area contributed by atoms with Gasteiger partial charge in [-0.1, -0.05) is 23.7 Å². The van der Waals surface area contributed by atoms with Crippen LogP contribution >= 0.6 is 11.6 Å². The first kappa shape index (κ1) is 18.5. The van der Waals surface area contributed by atoms with Gasteiger partial charge in [-0.05, 0) is 38.5 Å². The average Bonchev–Trinajstić information content (AvgIpc) is 2.89. The van der Waals surface area contributed by atoms with E-state index in [1.807, 2.05) is 12.1 Å². The lowest BCUT2D eigenvalue weighted by atomic mass is 10.2. The summed E-state index contributed by atoms with van der Waals surface area (Å²) in [6.45, 7) is 5.75. The molecule has 1 aromatic rings. The van der Waals surface area contributed by atoms with Crippen molar-refractivity contribution < 1.29 is 24.2 Å². The van der Waals surface area contributed by atoms with E-state index in [4.69, 9.17) is 21.1 Å². The van der Waals surface area contributed by atoms with Crippen LogP contribution in [-0.4, -0.2) is 46.4 Å². The second-order valence-corrected chi connectivity index (χ2v) is 7.22. The Morgan fingerprint density at radius 1 is 1.29 bits per heavy atom. The van der Waals surface area contributed by atoms with Crippen LogP contribution in [0.25, 0.3) is 0 Å². The van der Waals surface area contributed by atoms with Crippen molar-refractivity contribution in [3.63, 3.8) is 0 Å². The van der Waals surface area contributed by atoms with Crippen LogP contribution in [0.1, 0.15) is 32.8 Å². The third-order valence-electron chi connectivity index (χ3n) is 3.57. The molecule has 1 fully saturated rings. The van der Waals surface area contributed by atoms with Crippen LogP contribution in [0.4, 0.5) is 4.79 Å². The standard InChI is InChI=1S/C17H22ClNO5/c1-17(2,3)24-16(22)19-9-13(8-14(19)15(20)21)23-10-11-4-6-12(18)7-5-11/h4-7,13-14H,8-10H2,1-3H3,(H,20,21)/t13-,14+/m1/s1. The summed E-state index contributed by atoms with van der Waals surface area (Å²) in [7, 11) is 0. The van der Waals surface area contributed by atoms with Crippen LogP contribution in [-0.2, 0) is 20.9 Å². The Balaban J connectivity index is 1.97. The number of rotatable bonds is 4. The van der Waals surface area contributed by atoms with Gasteiger partial charge in [-0.2, -0.15) is 0 Å². The molecular weight excluding hydrogens is 334 g/mol. The summed E-state index contributed by atoms with van der Waals surface area (Å²) < 4.78 is 11.0. The SMILES string of the molecule is CC(C)(C)OC(=O)N1C[C@H](OCc2ccc(Cl)cc2)C[C@H]1C(=O)O. The number of hydrogen-bond donors (Lipinski definition) is 1. The van der Waals surface area contributed by atoms with Crippen molar-refractivity contribution in [2.75, 3.05) is 6.54 Å². The molecular formula is C17H22ClNO5. The number of likely N-dealkylation sites (tertiary alicyclic amines) is 1. The first-order chi connectivity index (χ1) is 11.2. The summed E-state index contributed by atoms with van der Waals surface area (Å²) in [5, 5.41) is 9.99. The molecule has 0 aliphatic carbocycles. The molecule has 6 nitrogen and oxygen atoms in total. The Morgan fingerprint density at radius 2 is 1.92 bits per heavy atom. The van der Waals surface area contributed by atoms with Gasteiger partial charge in [0, 0.05) is 11.4 Å². The van der Waals surface area contributed by atoms with E-state index >= 15 is 0 Å². The minimum Gasteiger partial charge on any atom is -0.480 e. The molecule has 132 valence electrons. The monoisotopic (exact) mass is 355 g/mol. The van der Waals surface area contributed by atoms with Crippen molar-refractivity contribution in [2.45, 2.75) is 51.5 Å². The zero-order valence-corrected chi connectivity index (χ0v) is 14.7. The highest BCUT2D eigenvalue weighted by atomic mass is 35.5. The van der Waals surface area contributed by atoms with Crippen LogP contribution in [0.5, 0.6) is 0 Å². The fourth-order valence-corrected chi connectivity index (χ4v) is 2.60. The van der Waals surface area contributed by atoms with Gasteiger partial charge in [-0.15, -0.1) is 0 Å². The van der Waals surface area contributed by atoms with Gasteiger partial charge < -0.3 is 14.6 Å². The Morgan fingerprint density at radius 3 is 2.46 bits per heavy atom. The summed E-state index contributed by atoms with van der Waals surface area (Å²) in [4.78, 5) is 24.8. The summed E-state index contributed by atoms with van der Waals surface area (Å²) in [5.74, 6) is -1.06. The number of nitrogens with zero attached hydrogens (tertiary/aromatic N) is 1. The van der Waals surface area contributed by atoms with Crippen LogP contribution < -0.4 is 0 Å². The summed E-state index contributed by atoms with van der Waals surface area (Å²) >= 11 is 5.84. The molecule has 1 amide bonds. The van der Waals surface area contributed by atoms with E-state index < -0.39 is 23.7 Å². The Bertz CT molecular complexity index is 596. The molecule has 1 aliphatic rings. The molecule has 1 N–H and O–H groups in total. The summed E-state index contributed by atoms with van der Waals surface area (Å²) in [5.41, 5.74) is 0.254. The second kappa shape index (κ2) is 7.40. The highest BCUT2D eigenvalue weighted by molar-refractivity contribution is 6.30. The van der Waals surface area contributed by atoms with Gasteiger partial charge in [0.2, 0.25) is 0 Å². The maximum Gasteiger partial charge on any atom is 0.411 e. The van der Waals surface area contributed by atoms with E-state index in [0.29, 0.717) is 11.6 Å². The number of ether oxygens (including phenoxy) is 2. The van der Waals surface area contributed by atoms with Gasteiger partial charge in [0.25, 0.3) is 0 Å². The molecule has 1 heterocycles. The molecule has 1 saturated heterocycles. The number of carbonyl (C=O) groups is 2. The largest absolute Gasteiger partial charge is 0.480 e. The number of carbonyl (C=O) groups excluding carboxylic acids is 1. The van der Waals surface area contributed by atoms with E-state index in [0.717, 1.165) is 5.56 Å². The predicted molar refractivity (Wildman–Crippen MR) is 89.0 cm³/mol. The van der Waals surface area contributed by atoms with Crippen LogP contribution in [0.2, 0.25) is 5.02 Å². The number of carboxylic acids is 1. The highest BCUT2D eigenvalue weighted by Crippen LogP contribution is 2.24. The predicted octanol–water partition coefficient (Wildman–Crippen LogP) is 3.32. The average molecular weight is 356 g/mol. The summed E-state index contributed by atoms with van der Waals surface area (Å²) in [6.07, 6.45) is -0.746. The van der Waals surface area contributed by atoms with Gasteiger partial charge >= 0.3 is 12.1 Å². The van der Waals surface area contributed by atoms with Crippen molar-refractivity contribution in [1.29, 1.82) is 0 Å². The van der Waals surface area contributed by atoms with Crippen LogP contribution in [0.3, 0.4) is 0 Å². The molecule has 7 heteroatoms. The lowest BCUT2D eigenvalue weighted by molar-refractivity contribution is -0.142. The molecule has 1 aliphatic heterocycles. The molecule has 0 aromatic heterocycles. The van der Waals surface area contributed by atoms with E-state index in [-0.39, 0.29) is 19.1 Å². The van der Waals surface area contributed by atoms with Gasteiger partial charge in [0.15, 0.2) is 0 Å². The van der Waals surface area contributed by atoms with E-state index in [2.05, 4.69) is 0 Å². The molecule has 2 rings (SSSR count). The Kier molecular flexibility index (Phi) is 5.72. The molecule has 0 bridgehead atoms. The zero-order valence-electron chi connectivity index (χ0n) is 14.0. The number of carboxylic acid groups (broad SMARTS) is 1. The molecule has 0 spiro atoms. The Labute approximate surface area is 146 Å².